The minimum Gasteiger partial charge on any atom is -0.359 e. The average molecular weight is 209 g/mol. The summed E-state index contributed by atoms with van der Waals surface area (Å²) in [4.78, 5) is 0. The van der Waals surface area contributed by atoms with Gasteiger partial charge in [0.05, 0.1) is 0 Å². The van der Waals surface area contributed by atoms with E-state index < -0.39 is 5.92 Å². The lowest BCUT2D eigenvalue weighted by Crippen LogP contribution is -2.47. The summed E-state index contributed by atoms with van der Waals surface area (Å²) in [5, 5.41) is 3.18. The highest BCUT2D eigenvalue weighted by atomic mass is 32.1. The Bertz CT molecular complexity index is 188. The van der Waals surface area contributed by atoms with Gasteiger partial charge in [-0.15, -0.1) is 0 Å². The van der Waals surface area contributed by atoms with Gasteiger partial charge in [-0.05, 0) is 25.1 Å². The molecule has 4 N–H and O–H groups in total. The van der Waals surface area contributed by atoms with Gasteiger partial charge in [0.25, 0.3) is 0 Å². The molecule has 0 aromatic rings. The maximum atomic E-state index is 12.7. The van der Waals surface area contributed by atoms with Crippen LogP contribution in [0.2, 0.25) is 0 Å². The minimum absolute atomic E-state index is 0.0307. The van der Waals surface area contributed by atoms with Gasteiger partial charge in [0, 0.05) is 18.9 Å². The fraction of sp³-hybridized carbons (Fsp3) is 0.857. The third-order valence-corrected chi connectivity index (χ3v) is 2.42. The van der Waals surface area contributed by atoms with Crippen molar-refractivity contribution in [2.75, 3.05) is 0 Å². The molecule has 0 amide bonds. The molecule has 3 nitrogen and oxygen atoms in total. The summed E-state index contributed by atoms with van der Waals surface area (Å²) in [6.07, 6.45) is 0.735. The number of nitrogens with one attached hydrogen (secondary N) is 2. The number of nitrogens with two attached hydrogens (primary N) is 1. The van der Waals surface area contributed by atoms with Gasteiger partial charge in [-0.3, -0.25) is 0 Å². The van der Waals surface area contributed by atoms with Crippen LogP contribution in [0.15, 0.2) is 0 Å². The fourth-order valence-electron chi connectivity index (χ4n) is 1.41. The molecule has 76 valence electrons. The first-order chi connectivity index (χ1) is 6.03. The summed E-state index contributed by atoms with van der Waals surface area (Å²) in [5.74, 6) is 2.55. The van der Waals surface area contributed by atoms with Gasteiger partial charge in [-0.1, -0.05) is 0 Å². The van der Waals surface area contributed by atoms with Gasteiger partial charge in [-0.25, -0.2) is 14.6 Å². The zero-order valence-electron chi connectivity index (χ0n) is 7.15. The van der Waals surface area contributed by atoms with Crippen molar-refractivity contribution in [3.63, 3.8) is 0 Å². The molecule has 0 radical (unpaired) electrons. The summed E-state index contributed by atoms with van der Waals surface area (Å²) in [6, 6.07) is 0.0307. The molecule has 6 heteroatoms. The zero-order chi connectivity index (χ0) is 9.90. The van der Waals surface area contributed by atoms with E-state index in [1.54, 1.807) is 0 Å². The first kappa shape index (κ1) is 10.6. The molecular weight excluding hydrogens is 196 g/mol. The molecule has 0 saturated heterocycles. The normalized spacial score (nSPS) is 22.4. The van der Waals surface area contributed by atoms with Crippen LogP contribution in [0.1, 0.15) is 25.7 Å². The van der Waals surface area contributed by atoms with Crippen LogP contribution in [0.5, 0.6) is 0 Å². The van der Waals surface area contributed by atoms with Crippen molar-refractivity contribution in [1.82, 2.24) is 10.7 Å². The summed E-state index contributed by atoms with van der Waals surface area (Å²) in [6.45, 7) is 0. The van der Waals surface area contributed by atoms with Gasteiger partial charge in [0.1, 0.15) is 0 Å². The van der Waals surface area contributed by atoms with Crippen molar-refractivity contribution in [2.24, 2.45) is 5.84 Å². The maximum absolute atomic E-state index is 12.7. The summed E-state index contributed by atoms with van der Waals surface area (Å²) in [5.41, 5.74) is 2.27. The molecule has 13 heavy (non-hydrogen) atoms. The molecular formula is C7H13F2N3S. The van der Waals surface area contributed by atoms with Crippen LogP contribution in [0.4, 0.5) is 8.78 Å². The second-order valence-electron chi connectivity index (χ2n) is 3.25. The van der Waals surface area contributed by atoms with Crippen molar-refractivity contribution < 1.29 is 8.78 Å². The molecule has 1 saturated carbocycles. The van der Waals surface area contributed by atoms with Crippen LogP contribution in [-0.4, -0.2) is 17.1 Å². The summed E-state index contributed by atoms with van der Waals surface area (Å²) < 4.78 is 25.4. The van der Waals surface area contributed by atoms with Crippen molar-refractivity contribution >= 4 is 17.3 Å². The predicted molar refractivity (Wildman–Crippen MR) is 50.3 cm³/mol. The number of hydrazine groups is 1. The second kappa shape index (κ2) is 4.15. The number of halogens is 2. The summed E-state index contributed by atoms with van der Waals surface area (Å²) >= 11 is 4.76. The molecule has 0 bridgehead atoms. The SMILES string of the molecule is NNC(=S)NC1CCC(F)(F)CC1. The lowest BCUT2D eigenvalue weighted by Gasteiger charge is -2.29. The largest absolute Gasteiger partial charge is 0.359 e. The van der Waals surface area contributed by atoms with Crippen LogP contribution >= 0.6 is 12.2 Å². The Kier molecular flexibility index (Phi) is 3.38. The monoisotopic (exact) mass is 209 g/mol. The van der Waals surface area contributed by atoms with Crippen LogP contribution < -0.4 is 16.6 Å². The third-order valence-electron chi connectivity index (χ3n) is 2.18. The van der Waals surface area contributed by atoms with E-state index in [4.69, 9.17) is 18.1 Å². The number of hydrogen-bond donors (Lipinski definition) is 3. The number of alkyl halides is 2. The molecule has 0 aliphatic heterocycles. The molecule has 0 aromatic heterocycles. The van der Waals surface area contributed by atoms with E-state index >= 15 is 0 Å². The van der Waals surface area contributed by atoms with Gasteiger partial charge in [-0.2, -0.15) is 0 Å². The molecule has 0 heterocycles. The predicted octanol–water partition coefficient (Wildman–Crippen LogP) is 0.902. The van der Waals surface area contributed by atoms with E-state index in [9.17, 15) is 8.78 Å². The first-order valence-electron chi connectivity index (χ1n) is 4.18. The second-order valence-corrected chi connectivity index (χ2v) is 3.66. The highest BCUT2D eigenvalue weighted by molar-refractivity contribution is 7.80. The van der Waals surface area contributed by atoms with Crippen LogP contribution in [0.3, 0.4) is 0 Å². The molecule has 0 spiro atoms. The van der Waals surface area contributed by atoms with Crippen molar-refractivity contribution in [2.45, 2.75) is 37.6 Å². The number of thiocarbonyl (C=S) groups is 1. The first-order valence-corrected chi connectivity index (χ1v) is 4.59. The average Bonchev–Trinajstić information content (AvgIpc) is 2.08. The van der Waals surface area contributed by atoms with E-state index in [-0.39, 0.29) is 18.9 Å². The standard InChI is InChI=1S/C7H13F2N3S/c8-7(9)3-1-5(2-4-7)11-6(13)12-10/h5H,1-4,10H2,(H2,11,12,13). The zero-order valence-corrected chi connectivity index (χ0v) is 7.96. The Hall–Kier alpha value is -0.490. The van der Waals surface area contributed by atoms with Crippen LogP contribution in [0.25, 0.3) is 0 Å². The van der Waals surface area contributed by atoms with Gasteiger partial charge in [0.2, 0.25) is 5.92 Å². The van der Waals surface area contributed by atoms with Crippen molar-refractivity contribution in [3.05, 3.63) is 0 Å². The van der Waals surface area contributed by atoms with Gasteiger partial charge in [0.15, 0.2) is 5.11 Å². The Morgan fingerprint density at radius 2 is 1.92 bits per heavy atom. The Balaban J connectivity index is 2.29. The van der Waals surface area contributed by atoms with E-state index in [0.717, 1.165) is 0 Å². The van der Waals surface area contributed by atoms with Gasteiger partial charge >= 0.3 is 0 Å². The number of hydrogen-bond acceptors (Lipinski definition) is 2. The third kappa shape index (κ3) is 3.40. The molecule has 0 aromatic carbocycles. The van der Waals surface area contributed by atoms with Crippen molar-refractivity contribution in [1.29, 1.82) is 0 Å². The van der Waals surface area contributed by atoms with Crippen LogP contribution in [0, 0.1) is 0 Å². The maximum Gasteiger partial charge on any atom is 0.248 e. The Labute approximate surface area is 81.0 Å². The molecule has 1 rings (SSSR count). The highest BCUT2D eigenvalue weighted by Crippen LogP contribution is 2.32. The number of rotatable bonds is 1. The fourth-order valence-corrected chi connectivity index (χ4v) is 1.58. The van der Waals surface area contributed by atoms with Crippen LogP contribution in [-0.2, 0) is 0 Å². The van der Waals surface area contributed by atoms with E-state index in [1.165, 1.54) is 0 Å². The Morgan fingerprint density at radius 3 is 2.38 bits per heavy atom. The Morgan fingerprint density at radius 1 is 1.38 bits per heavy atom. The molecule has 1 aliphatic rings. The minimum atomic E-state index is -2.49. The smallest absolute Gasteiger partial charge is 0.248 e. The van der Waals surface area contributed by atoms with Crippen molar-refractivity contribution in [3.8, 4) is 0 Å². The van der Waals surface area contributed by atoms with E-state index in [0.29, 0.717) is 18.0 Å². The van der Waals surface area contributed by atoms with Gasteiger partial charge < -0.3 is 10.7 Å². The quantitative estimate of drug-likeness (QED) is 0.341. The lowest BCUT2D eigenvalue weighted by atomic mass is 9.92. The van der Waals surface area contributed by atoms with E-state index in [1.807, 2.05) is 0 Å². The topological polar surface area (TPSA) is 50.1 Å². The lowest BCUT2D eigenvalue weighted by molar-refractivity contribution is -0.0390. The summed E-state index contributed by atoms with van der Waals surface area (Å²) in [7, 11) is 0. The molecule has 0 unspecified atom stereocenters. The highest BCUT2D eigenvalue weighted by Gasteiger charge is 2.34. The molecule has 1 fully saturated rings. The van der Waals surface area contributed by atoms with E-state index in [2.05, 4.69) is 10.7 Å². The molecule has 0 atom stereocenters. The molecule has 1 aliphatic carbocycles.